The summed E-state index contributed by atoms with van der Waals surface area (Å²) in [5, 5.41) is 8.66. The predicted octanol–water partition coefficient (Wildman–Crippen LogP) is 2.74. The second-order valence-electron chi connectivity index (χ2n) is 3.37. The summed E-state index contributed by atoms with van der Waals surface area (Å²) in [7, 11) is 0. The first-order chi connectivity index (χ1) is 7.00. The highest BCUT2D eigenvalue weighted by atomic mass is 79.9. The maximum Gasteiger partial charge on any atom is 0.306 e. The van der Waals surface area contributed by atoms with Crippen molar-refractivity contribution in [3.05, 3.63) is 34.3 Å². The molecule has 0 unspecified atom stereocenters. The van der Waals surface area contributed by atoms with Crippen LogP contribution in [-0.2, 0) is 4.79 Å². The number of hydrogen-bond acceptors (Lipinski definition) is 2. The summed E-state index contributed by atoms with van der Waals surface area (Å²) in [4.78, 5) is 22.2. The molecule has 0 radical (unpaired) electrons. The lowest BCUT2D eigenvalue weighted by molar-refractivity contribution is -0.141. The number of halogens is 1. The van der Waals surface area contributed by atoms with Crippen molar-refractivity contribution in [2.45, 2.75) is 13.3 Å². The van der Waals surface area contributed by atoms with E-state index in [-0.39, 0.29) is 12.2 Å². The highest BCUT2D eigenvalue weighted by Crippen LogP contribution is 2.14. The third kappa shape index (κ3) is 3.47. The van der Waals surface area contributed by atoms with Crippen LogP contribution >= 0.6 is 15.9 Å². The van der Waals surface area contributed by atoms with Crippen LogP contribution in [0.1, 0.15) is 23.7 Å². The van der Waals surface area contributed by atoms with E-state index in [0.717, 1.165) is 4.47 Å². The summed E-state index contributed by atoms with van der Waals surface area (Å²) < 4.78 is 0.894. The summed E-state index contributed by atoms with van der Waals surface area (Å²) in [6.45, 7) is 1.53. The standard InChI is InChI=1S/C11H11BrO3/c1-7(11(14)15)6-10(13)8-2-4-9(12)5-3-8/h2-5,7H,6H2,1H3,(H,14,15)/t7-/m0/s1. The van der Waals surface area contributed by atoms with Gasteiger partial charge in [-0.1, -0.05) is 35.0 Å². The van der Waals surface area contributed by atoms with Crippen molar-refractivity contribution >= 4 is 27.7 Å². The van der Waals surface area contributed by atoms with Crippen LogP contribution in [0.15, 0.2) is 28.7 Å². The van der Waals surface area contributed by atoms with Gasteiger partial charge < -0.3 is 5.11 Å². The van der Waals surface area contributed by atoms with Gasteiger partial charge in [-0.25, -0.2) is 0 Å². The van der Waals surface area contributed by atoms with Gasteiger partial charge in [-0.15, -0.1) is 0 Å². The summed E-state index contributed by atoms with van der Waals surface area (Å²) in [5.74, 6) is -1.72. The van der Waals surface area contributed by atoms with E-state index in [2.05, 4.69) is 15.9 Å². The third-order valence-electron chi connectivity index (χ3n) is 2.08. The Bertz CT molecular complexity index is 370. The van der Waals surface area contributed by atoms with Gasteiger partial charge in [0.2, 0.25) is 0 Å². The Morgan fingerprint density at radius 3 is 2.33 bits per heavy atom. The number of rotatable bonds is 4. The highest BCUT2D eigenvalue weighted by molar-refractivity contribution is 9.10. The van der Waals surface area contributed by atoms with Gasteiger partial charge in [0.05, 0.1) is 5.92 Å². The third-order valence-corrected chi connectivity index (χ3v) is 2.61. The fourth-order valence-corrected chi connectivity index (χ4v) is 1.38. The average Bonchev–Trinajstić information content (AvgIpc) is 2.18. The van der Waals surface area contributed by atoms with Crippen LogP contribution in [0.3, 0.4) is 0 Å². The number of carboxylic acids is 1. The van der Waals surface area contributed by atoms with Crippen molar-refractivity contribution in [1.82, 2.24) is 0 Å². The molecule has 0 saturated heterocycles. The average molecular weight is 271 g/mol. The Kier molecular flexibility index (Phi) is 4.03. The number of carbonyl (C=O) groups is 2. The second kappa shape index (κ2) is 5.07. The topological polar surface area (TPSA) is 54.4 Å². The fraction of sp³-hybridized carbons (Fsp3) is 0.273. The summed E-state index contributed by atoms with van der Waals surface area (Å²) in [6, 6.07) is 6.89. The minimum Gasteiger partial charge on any atom is -0.481 e. The first kappa shape index (κ1) is 11.9. The number of carbonyl (C=O) groups excluding carboxylic acids is 1. The monoisotopic (exact) mass is 270 g/mol. The van der Waals surface area contributed by atoms with E-state index in [4.69, 9.17) is 5.11 Å². The minimum atomic E-state index is -0.944. The molecule has 1 aromatic rings. The van der Waals surface area contributed by atoms with Crippen molar-refractivity contribution in [2.75, 3.05) is 0 Å². The van der Waals surface area contributed by atoms with Crippen LogP contribution < -0.4 is 0 Å². The molecule has 0 aromatic heterocycles. The molecule has 1 rings (SSSR count). The zero-order valence-electron chi connectivity index (χ0n) is 8.24. The van der Waals surface area contributed by atoms with E-state index in [9.17, 15) is 9.59 Å². The molecule has 4 heteroatoms. The molecule has 0 fully saturated rings. The van der Waals surface area contributed by atoms with Crippen LogP contribution in [0.25, 0.3) is 0 Å². The molecular formula is C11H11BrO3. The number of hydrogen-bond donors (Lipinski definition) is 1. The van der Waals surface area contributed by atoms with Crippen LogP contribution in [-0.4, -0.2) is 16.9 Å². The van der Waals surface area contributed by atoms with Gasteiger partial charge >= 0.3 is 5.97 Å². The van der Waals surface area contributed by atoms with E-state index in [1.165, 1.54) is 6.92 Å². The largest absolute Gasteiger partial charge is 0.481 e. The maximum atomic E-state index is 11.6. The smallest absolute Gasteiger partial charge is 0.306 e. The van der Waals surface area contributed by atoms with Crippen LogP contribution in [0.2, 0.25) is 0 Å². The summed E-state index contributed by atoms with van der Waals surface area (Å²) in [5.41, 5.74) is 0.548. The molecule has 0 aliphatic carbocycles. The maximum absolute atomic E-state index is 11.6. The van der Waals surface area contributed by atoms with E-state index in [0.29, 0.717) is 5.56 Å². The first-order valence-electron chi connectivity index (χ1n) is 4.52. The molecule has 0 aliphatic heterocycles. The molecule has 1 atom stereocenters. The van der Waals surface area contributed by atoms with E-state index in [1.807, 2.05) is 0 Å². The Morgan fingerprint density at radius 1 is 1.33 bits per heavy atom. The Morgan fingerprint density at radius 2 is 1.87 bits per heavy atom. The van der Waals surface area contributed by atoms with Gasteiger partial charge in [-0.3, -0.25) is 9.59 Å². The molecule has 0 spiro atoms. The number of benzene rings is 1. The molecule has 1 N–H and O–H groups in total. The van der Waals surface area contributed by atoms with Crippen LogP contribution in [0, 0.1) is 5.92 Å². The Balaban J connectivity index is 2.69. The van der Waals surface area contributed by atoms with Gasteiger partial charge in [0.25, 0.3) is 0 Å². The number of aliphatic carboxylic acids is 1. The Hall–Kier alpha value is -1.16. The zero-order chi connectivity index (χ0) is 11.4. The first-order valence-corrected chi connectivity index (χ1v) is 5.31. The van der Waals surface area contributed by atoms with Crippen molar-refractivity contribution in [1.29, 1.82) is 0 Å². The van der Waals surface area contributed by atoms with E-state index < -0.39 is 11.9 Å². The van der Waals surface area contributed by atoms with Gasteiger partial charge in [-0.05, 0) is 12.1 Å². The number of carboxylic acid groups (broad SMARTS) is 1. The quantitative estimate of drug-likeness (QED) is 0.856. The normalized spacial score (nSPS) is 12.1. The number of ketones is 1. The molecule has 0 saturated carbocycles. The SMILES string of the molecule is C[C@@H](CC(=O)c1ccc(Br)cc1)C(=O)O. The molecule has 80 valence electrons. The molecule has 1 aromatic carbocycles. The van der Waals surface area contributed by atoms with Crippen LogP contribution in [0.4, 0.5) is 0 Å². The highest BCUT2D eigenvalue weighted by Gasteiger charge is 2.16. The molecular weight excluding hydrogens is 260 g/mol. The van der Waals surface area contributed by atoms with Gasteiger partial charge in [0, 0.05) is 16.5 Å². The lowest BCUT2D eigenvalue weighted by Crippen LogP contribution is -2.14. The fourth-order valence-electron chi connectivity index (χ4n) is 1.12. The second-order valence-corrected chi connectivity index (χ2v) is 4.29. The molecule has 0 aliphatic rings. The molecule has 3 nitrogen and oxygen atoms in total. The lowest BCUT2D eigenvalue weighted by atomic mass is 10.0. The predicted molar refractivity (Wildman–Crippen MR) is 59.9 cm³/mol. The van der Waals surface area contributed by atoms with Crippen molar-refractivity contribution in [3.8, 4) is 0 Å². The van der Waals surface area contributed by atoms with Crippen molar-refractivity contribution in [2.24, 2.45) is 5.92 Å². The minimum absolute atomic E-state index is 0.0387. The van der Waals surface area contributed by atoms with Crippen LogP contribution in [0.5, 0.6) is 0 Å². The molecule has 0 amide bonds. The summed E-state index contributed by atoms with van der Waals surface area (Å²) in [6.07, 6.45) is 0.0387. The van der Waals surface area contributed by atoms with E-state index >= 15 is 0 Å². The zero-order valence-corrected chi connectivity index (χ0v) is 9.82. The van der Waals surface area contributed by atoms with Gasteiger partial charge in [0.1, 0.15) is 0 Å². The number of Topliss-reactive ketones (excluding diaryl/α,β-unsaturated/α-hetero) is 1. The summed E-state index contributed by atoms with van der Waals surface area (Å²) >= 11 is 3.26. The lowest BCUT2D eigenvalue weighted by Gasteiger charge is -2.04. The van der Waals surface area contributed by atoms with Crippen molar-refractivity contribution < 1.29 is 14.7 Å². The molecule has 0 heterocycles. The molecule has 0 bridgehead atoms. The molecule has 15 heavy (non-hydrogen) atoms. The Labute approximate surface area is 96.2 Å². The van der Waals surface area contributed by atoms with Crippen molar-refractivity contribution in [3.63, 3.8) is 0 Å². The van der Waals surface area contributed by atoms with Gasteiger partial charge in [0.15, 0.2) is 5.78 Å². The van der Waals surface area contributed by atoms with Gasteiger partial charge in [-0.2, -0.15) is 0 Å². The van der Waals surface area contributed by atoms with E-state index in [1.54, 1.807) is 24.3 Å².